The molecule has 0 spiro atoms. The lowest BCUT2D eigenvalue weighted by Gasteiger charge is -2.16. The Balaban J connectivity index is 2.20. The number of aliphatic hydroxyl groups excluding tert-OH is 1. The van der Waals surface area contributed by atoms with E-state index >= 15 is 0 Å². The summed E-state index contributed by atoms with van der Waals surface area (Å²) in [6.07, 6.45) is 0.277. The monoisotopic (exact) mass is 220 g/mol. The zero-order chi connectivity index (χ0) is 11.7. The van der Waals surface area contributed by atoms with Gasteiger partial charge in [0.25, 0.3) is 5.91 Å². The molecule has 1 amide bonds. The molecule has 1 heterocycles. The first-order valence-corrected chi connectivity index (χ1v) is 5.41. The third-order valence-electron chi connectivity index (χ3n) is 2.80. The number of rotatable bonds is 1. The Hall–Kier alpha value is -1.55. The van der Waals surface area contributed by atoms with Gasteiger partial charge in [0.05, 0.1) is 6.10 Å². The van der Waals surface area contributed by atoms with E-state index in [4.69, 9.17) is 5.73 Å². The smallest absolute Gasteiger partial charge is 0.254 e. The van der Waals surface area contributed by atoms with Crippen molar-refractivity contribution in [3.05, 3.63) is 29.3 Å². The Labute approximate surface area is 94.7 Å². The van der Waals surface area contributed by atoms with Crippen LogP contribution in [0.1, 0.15) is 22.3 Å². The molecule has 1 aromatic carbocycles. The first kappa shape index (κ1) is 11.0. The molecule has 2 rings (SSSR count). The molecule has 1 fully saturated rings. The van der Waals surface area contributed by atoms with Gasteiger partial charge >= 0.3 is 0 Å². The Morgan fingerprint density at radius 2 is 2.25 bits per heavy atom. The summed E-state index contributed by atoms with van der Waals surface area (Å²) in [5, 5.41) is 9.39. The van der Waals surface area contributed by atoms with Gasteiger partial charge in [0.2, 0.25) is 0 Å². The van der Waals surface area contributed by atoms with Crippen LogP contribution in [-0.2, 0) is 0 Å². The summed E-state index contributed by atoms with van der Waals surface area (Å²) in [5.74, 6) is -0.0491. The fourth-order valence-electron chi connectivity index (χ4n) is 2.05. The molecule has 0 aromatic heterocycles. The van der Waals surface area contributed by atoms with Crippen molar-refractivity contribution in [3.8, 4) is 0 Å². The number of carbonyl (C=O) groups excluding carboxylic acids is 1. The van der Waals surface area contributed by atoms with Crippen LogP contribution in [0.15, 0.2) is 18.2 Å². The van der Waals surface area contributed by atoms with Gasteiger partial charge in [-0.05, 0) is 37.1 Å². The molecule has 0 aliphatic carbocycles. The van der Waals surface area contributed by atoms with Crippen LogP contribution in [0.4, 0.5) is 5.69 Å². The van der Waals surface area contributed by atoms with E-state index in [0.29, 0.717) is 30.8 Å². The predicted octanol–water partition coefficient (Wildman–Crippen LogP) is 0.784. The standard InChI is InChI=1S/C12H16N2O2/c1-8-4-9(6-10(13)5-8)12(16)14-3-2-11(15)7-14/h4-6,11,15H,2-3,7,13H2,1H3/t11-/m1/s1. The van der Waals surface area contributed by atoms with Crippen LogP contribution in [0.25, 0.3) is 0 Å². The van der Waals surface area contributed by atoms with Crippen molar-refractivity contribution in [3.63, 3.8) is 0 Å². The fourth-order valence-corrected chi connectivity index (χ4v) is 2.05. The van der Waals surface area contributed by atoms with E-state index < -0.39 is 0 Å². The van der Waals surface area contributed by atoms with Crippen molar-refractivity contribution in [1.82, 2.24) is 4.90 Å². The first-order chi connectivity index (χ1) is 7.56. The number of β-amino-alcohol motifs (C(OH)–C–C–N with tert-alkyl or cyclic N) is 1. The SMILES string of the molecule is Cc1cc(N)cc(C(=O)N2CC[C@@H](O)C2)c1. The van der Waals surface area contributed by atoms with Gasteiger partial charge in [0.15, 0.2) is 0 Å². The highest BCUT2D eigenvalue weighted by Gasteiger charge is 2.25. The normalized spacial score (nSPS) is 20.1. The summed E-state index contributed by atoms with van der Waals surface area (Å²) in [6, 6.07) is 5.33. The maximum atomic E-state index is 12.1. The van der Waals surface area contributed by atoms with Crippen molar-refractivity contribution in [2.75, 3.05) is 18.8 Å². The highest BCUT2D eigenvalue weighted by molar-refractivity contribution is 5.95. The molecule has 0 radical (unpaired) electrons. The first-order valence-electron chi connectivity index (χ1n) is 5.41. The second-order valence-electron chi connectivity index (χ2n) is 4.33. The van der Waals surface area contributed by atoms with Gasteiger partial charge in [-0.3, -0.25) is 4.79 Å². The van der Waals surface area contributed by atoms with E-state index in [1.54, 1.807) is 11.0 Å². The van der Waals surface area contributed by atoms with Crippen LogP contribution in [0.3, 0.4) is 0 Å². The van der Waals surface area contributed by atoms with E-state index in [0.717, 1.165) is 5.56 Å². The lowest BCUT2D eigenvalue weighted by atomic mass is 10.1. The van der Waals surface area contributed by atoms with Crippen LogP contribution >= 0.6 is 0 Å². The fraction of sp³-hybridized carbons (Fsp3) is 0.417. The second kappa shape index (κ2) is 4.14. The molecule has 1 atom stereocenters. The molecule has 0 bridgehead atoms. The summed E-state index contributed by atoms with van der Waals surface area (Å²) < 4.78 is 0. The zero-order valence-corrected chi connectivity index (χ0v) is 9.31. The highest BCUT2D eigenvalue weighted by Crippen LogP contribution is 2.17. The summed E-state index contributed by atoms with van der Waals surface area (Å²) in [5.41, 5.74) is 7.88. The quantitative estimate of drug-likeness (QED) is 0.687. The van der Waals surface area contributed by atoms with Crippen LogP contribution in [0, 0.1) is 6.92 Å². The van der Waals surface area contributed by atoms with Crippen LogP contribution in [0.5, 0.6) is 0 Å². The van der Waals surface area contributed by atoms with Gasteiger partial charge in [0, 0.05) is 24.3 Å². The van der Waals surface area contributed by atoms with Crippen molar-refractivity contribution < 1.29 is 9.90 Å². The molecule has 1 aliphatic heterocycles. The Kier molecular flexibility index (Phi) is 2.83. The minimum atomic E-state index is -0.383. The molecule has 3 N–H and O–H groups in total. The van der Waals surface area contributed by atoms with Gasteiger partial charge in [-0.15, -0.1) is 0 Å². The lowest BCUT2D eigenvalue weighted by Crippen LogP contribution is -2.29. The van der Waals surface area contributed by atoms with Crippen LogP contribution in [0.2, 0.25) is 0 Å². The number of amides is 1. The average Bonchev–Trinajstić information content (AvgIpc) is 2.62. The van der Waals surface area contributed by atoms with Gasteiger partial charge in [0.1, 0.15) is 0 Å². The zero-order valence-electron chi connectivity index (χ0n) is 9.31. The van der Waals surface area contributed by atoms with E-state index in [1.165, 1.54) is 0 Å². The summed E-state index contributed by atoms with van der Waals surface area (Å²) in [7, 11) is 0. The Morgan fingerprint density at radius 3 is 2.81 bits per heavy atom. The molecule has 0 saturated carbocycles. The Morgan fingerprint density at radius 1 is 1.50 bits per heavy atom. The predicted molar refractivity (Wildman–Crippen MR) is 62.1 cm³/mol. The number of aliphatic hydroxyl groups is 1. The average molecular weight is 220 g/mol. The van der Waals surface area contributed by atoms with Gasteiger partial charge in [-0.2, -0.15) is 0 Å². The minimum Gasteiger partial charge on any atom is -0.399 e. The summed E-state index contributed by atoms with van der Waals surface area (Å²) in [6.45, 7) is 2.95. The molecule has 1 aromatic rings. The maximum Gasteiger partial charge on any atom is 0.254 e. The molecule has 86 valence electrons. The number of hydrogen-bond donors (Lipinski definition) is 2. The van der Waals surface area contributed by atoms with Crippen LogP contribution in [-0.4, -0.2) is 35.1 Å². The van der Waals surface area contributed by atoms with Gasteiger partial charge in [-0.25, -0.2) is 0 Å². The Bertz CT molecular complexity index is 397. The molecule has 1 aliphatic rings. The topological polar surface area (TPSA) is 66.6 Å². The lowest BCUT2D eigenvalue weighted by molar-refractivity contribution is 0.0765. The summed E-state index contributed by atoms with van der Waals surface area (Å²) >= 11 is 0. The van der Waals surface area contributed by atoms with E-state index in [2.05, 4.69) is 0 Å². The van der Waals surface area contributed by atoms with Gasteiger partial charge < -0.3 is 15.7 Å². The van der Waals surface area contributed by atoms with Crippen molar-refractivity contribution in [2.45, 2.75) is 19.4 Å². The second-order valence-corrected chi connectivity index (χ2v) is 4.33. The number of hydrogen-bond acceptors (Lipinski definition) is 3. The maximum absolute atomic E-state index is 12.1. The van der Waals surface area contributed by atoms with E-state index in [-0.39, 0.29) is 12.0 Å². The number of nitrogens with two attached hydrogens (primary N) is 1. The highest BCUT2D eigenvalue weighted by atomic mass is 16.3. The number of aryl methyl sites for hydroxylation is 1. The number of anilines is 1. The molecule has 1 saturated heterocycles. The van der Waals surface area contributed by atoms with E-state index in [1.807, 2.05) is 19.1 Å². The molecular formula is C12H16N2O2. The third-order valence-corrected chi connectivity index (χ3v) is 2.80. The third kappa shape index (κ3) is 2.17. The molecule has 4 heteroatoms. The largest absolute Gasteiger partial charge is 0.399 e. The number of likely N-dealkylation sites (tertiary alicyclic amines) is 1. The van der Waals surface area contributed by atoms with Crippen LogP contribution < -0.4 is 5.73 Å². The number of nitrogen functional groups attached to an aromatic ring is 1. The number of benzene rings is 1. The summed E-state index contributed by atoms with van der Waals surface area (Å²) in [4.78, 5) is 13.7. The molecule has 4 nitrogen and oxygen atoms in total. The van der Waals surface area contributed by atoms with Crippen molar-refractivity contribution in [1.29, 1.82) is 0 Å². The van der Waals surface area contributed by atoms with Crippen molar-refractivity contribution in [2.24, 2.45) is 0 Å². The van der Waals surface area contributed by atoms with Crippen molar-refractivity contribution >= 4 is 11.6 Å². The minimum absolute atomic E-state index is 0.0491. The van der Waals surface area contributed by atoms with E-state index in [9.17, 15) is 9.90 Å². The number of nitrogens with zero attached hydrogens (tertiary/aromatic N) is 1. The van der Waals surface area contributed by atoms with Gasteiger partial charge in [-0.1, -0.05) is 0 Å². The number of carbonyl (C=O) groups is 1. The molecule has 0 unspecified atom stereocenters. The molecule has 16 heavy (non-hydrogen) atoms. The molecular weight excluding hydrogens is 204 g/mol.